The zero-order valence-corrected chi connectivity index (χ0v) is 34.1. The van der Waals surface area contributed by atoms with Crippen LogP contribution in [0.25, 0.3) is 0 Å². The second-order valence-electron chi connectivity index (χ2n) is 14.4. The van der Waals surface area contributed by atoms with Gasteiger partial charge in [-0.05, 0) is 51.4 Å². The van der Waals surface area contributed by atoms with Crippen molar-refractivity contribution in [2.24, 2.45) is 0 Å². The standard InChI is InChI=1S/C47H82O5/c1-3-5-7-9-11-13-15-17-19-21-23-25-27-29-31-33-35-37-39-41-46(49)51-44-45(43-48)52-47(50)42-40-38-36-34-32-30-28-26-24-22-20-18-16-14-12-10-8-6-4-2/h11,13,17,19,23,25,29,31,35,37,45,48H,3-10,12,14-16,18,20-22,24,26-28,30,32-34,36,38-44H2,1-2H3/b13-11-,19-17-,25-23-,31-29-,37-35-/t45-/m0/s1. The Balaban J connectivity index is 3.64. The summed E-state index contributed by atoms with van der Waals surface area (Å²) in [5.74, 6) is -0.683. The maximum atomic E-state index is 12.2. The molecule has 0 heterocycles. The number of rotatable bonds is 39. The Morgan fingerprint density at radius 1 is 0.442 bits per heavy atom. The zero-order chi connectivity index (χ0) is 37.8. The van der Waals surface area contributed by atoms with Crippen molar-refractivity contribution in [1.82, 2.24) is 0 Å². The lowest BCUT2D eigenvalue weighted by atomic mass is 10.0. The summed E-state index contributed by atoms with van der Waals surface area (Å²) in [5, 5.41) is 9.57. The Hall–Kier alpha value is -2.40. The first-order valence-corrected chi connectivity index (χ1v) is 21.8. The van der Waals surface area contributed by atoms with E-state index in [2.05, 4.69) is 62.5 Å². The minimum Gasteiger partial charge on any atom is -0.462 e. The first-order valence-electron chi connectivity index (χ1n) is 21.8. The van der Waals surface area contributed by atoms with Crippen molar-refractivity contribution < 1.29 is 24.2 Å². The van der Waals surface area contributed by atoms with Crippen LogP contribution in [0, 0.1) is 0 Å². The molecule has 0 aromatic carbocycles. The van der Waals surface area contributed by atoms with E-state index in [-0.39, 0.29) is 31.6 Å². The molecule has 300 valence electrons. The number of aliphatic hydroxyl groups excluding tert-OH is 1. The third kappa shape index (κ3) is 40.4. The number of unbranched alkanes of at least 4 members (excludes halogenated alkanes) is 21. The van der Waals surface area contributed by atoms with Crippen molar-refractivity contribution in [1.29, 1.82) is 0 Å². The highest BCUT2D eigenvalue weighted by molar-refractivity contribution is 5.70. The van der Waals surface area contributed by atoms with Crippen LogP contribution in [0.4, 0.5) is 0 Å². The van der Waals surface area contributed by atoms with Crippen molar-refractivity contribution in [2.75, 3.05) is 13.2 Å². The van der Waals surface area contributed by atoms with E-state index >= 15 is 0 Å². The number of esters is 2. The van der Waals surface area contributed by atoms with Gasteiger partial charge in [-0.3, -0.25) is 9.59 Å². The summed E-state index contributed by atoms with van der Waals surface area (Å²) in [5.41, 5.74) is 0. The number of allylic oxidation sites excluding steroid dienone is 10. The van der Waals surface area contributed by atoms with Crippen LogP contribution in [0.3, 0.4) is 0 Å². The summed E-state index contributed by atoms with van der Waals surface area (Å²) in [6.45, 7) is 4.06. The Morgan fingerprint density at radius 2 is 0.808 bits per heavy atom. The van der Waals surface area contributed by atoms with Crippen molar-refractivity contribution in [3.8, 4) is 0 Å². The summed E-state index contributed by atoms with van der Waals surface area (Å²) in [7, 11) is 0. The molecule has 5 heteroatoms. The van der Waals surface area contributed by atoms with Gasteiger partial charge >= 0.3 is 11.9 Å². The predicted octanol–water partition coefficient (Wildman–Crippen LogP) is 14.0. The Labute approximate surface area is 321 Å². The topological polar surface area (TPSA) is 72.8 Å². The highest BCUT2D eigenvalue weighted by Gasteiger charge is 2.15. The average molecular weight is 727 g/mol. The van der Waals surface area contributed by atoms with Gasteiger partial charge in [-0.2, -0.15) is 0 Å². The molecule has 0 aliphatic rings. The average Bonchev–Trinajstić information content (AvgIpc) is 3.15. The van der Waals surface area contributed by atoms with Gasteiger partial charge in [0.15, 0.2) is 6.10 Å². The molecular weight excluding hydrogens is 645 g/mol. The first-order chi connectivity index (χ1) is 25.6. The molecule has 0 rings (SSSR count). The van der Waals surface area contributed by atoms with Crippen LogP contribution in [0.15, 0.2) is 60.8 Å². The lowest BCUT2D eigenvalue weighted by Crippen LogP contribution is -2.28. The second-order valence-corrected chi connectivity index (χ2v) is 14.4. The van der Waals surface area contributed by atoms with Gasteiger partial charge < -0.3 is 14.6 Å². The van der Waals surface area contributed by atoms with Gasteiger partial charge in [-0.1, -0.05) is 203 Å². The van der Waals surface area contributed by atoms with Gasteiger partial charge in [-0.25, -0.2) is 0 Å². The van der Waals surface area contributed by atoms with Gasteiger partial charge in [0.2, 0.25) is 0 Å². The predicted molar refractivity (Wildman–Crippen MR) is 223 cm³/mol. The molecule has 1 N–H and O–H groups in total. The molecule has 0 spiro atoms. The van der Waals surface area contributed by atoms with Gasteiger partial charge in [0.1, 0.15) is 6.61 Å². The highest BCUT2D eigenvalue weighted by atomic mass is 16.6. The molecule has 5 nitrogen and oxygen atoms in total. The van der Waals surface area contributed by atoms with Crippen LogP contribution in [0.5, 0.6) is 0 Å². The molecule has 1 atom stereocenters. The van der Waals surface area contributed by atoms with E-state index in [0.29, 0.717) is 12.8 Å². The fourth-order valence-electron chi connectivity index (χ4n) is 6.01. The van der Waals surface area contributed by atoms with Gasteiger partial charge in [0.25, 0.3) is 0 Å². The van der Waals surface area contributed by atoms with Crippen molar-refractivity contribution in [3.63, 3.8) is 0 Å². The van der Waals surface area contributed by atoms with E-state index in [0.717, 1.165) is 44.9 Å². The normalized spacial score (nSPS) is 12.8. The lowest BCUT2D eigenvalue weighted by molar-refractivity contribution is -0.161. The summed E-state index contributed by atoms with van der Waals surface area (Å²) in [6, 6.07) is 0. The number of hydrogen-bond acceptors (Lipinski definition) is 5. The van der Waals surface area contributed by atoms with Crippen molar-refractivity contribution >= 4 is 11.9 Å². The molecule has 0 saturated carbocycles. The number of carbonyl (C=O) groups is 2. The fourth-order valence-corrected chi connectivity index (χ4v) is 6.01. The monoisotopic (exact) mass is 727 g/mol. The van der Waals surface area contributed by atoms with E-state index in [9.17, 15) is 14.7 Å². The number of hydrogen-bond donors (Lipinski definition) is 1. The molecule has 0 aliphatic carbocycles. The van der Waals surface area contributed by atoms with Crippen LogP contribution in [0.2, 0.25) is 0 Å². The lowest BCUT2D eigenvalue weighted by Gasteiger charge is -2.15. The molecule has 0 fully saturated rings. The maximum Gasteiger partial charge on any atom is 0.306 e. The molecule has 0 aromatic rings. The van der Waals surface area contributed by atoms with Crippen LogP contribution < -0.4 is 0 Å². The Kier molecular flexibility index (Phi) is 41.0. The number of aliphatic hydroxyl groups is 1. The molecular formula is C47H82O5. The molecule has 0 saturated heterocycles. The van der Waals surface area contributed by atoms with Crippen LogP contribution in [0.1, 0.15) is 206 Å². The summed E-state index contributed by atoms with van der Waals surface area (Å²) in [6.07, 6.45) is 55.9. The Morgan fingerprint density at radius 3 is 1.23 bits per heavy atom. The third-order valence-corrected chi connectivity index (χ3v) is 9.33. The zero-order valence-electron chi connectivity index (χ0n) is 34.1. The van der Waals surface area contributed by atoms with E-state index in [4.69, 9.17) is 9.47 Å². The van der Waals surface area contributed by atoms with E-state index < -0.39 is 6.10 Å². The number of ether oxygens (including phenoxy) is 2. The summed E-state index contributed by atoms with van der Waals surface area (Å²) >= 11 is 0. The first kappa shape index (κ1) is 49.6. The maximum absolute atomic E-state index is 12.2. The van der Waals surface area contributed by atoms with Gasteiger partial charge in [0, 0.05) is 12.8 Å². The molecule has 0 unspecified atom stereocenters. The van der Waals surface area contributed by atoms with Gasteiger partial charge in [0.05, 0.1) is 6.61 Å². The molecule has 52 heavy (non-hydrogen) atoms. The smallest absolute Gasteiger partial charge is 0.306 e. The van der Waals surface area contributed by atoms with Crippen molar-refractivity contribution in [3.05, 3.63) is 60.8 Å². The van der Waals surface area contributed by atoms with E-state index in [1.165, 1.54) is 128 Å². The van der Waals surface area contributed by atoms with Crippen LogP contribution >= 0.6 is 0 Å². The number of carbonyl (C=O) groups excluding carboxylic acids is 2. The molecule has 0 aromatic heterocycles. The SMILES string of the molecule is CCCCC/C=C\C/C=C\C/C=C\C/C=C\C/C=C\CCC(=O)OC[C@H](CO)OC(=O)CCCCCCCCCCCCCCCCCCCCC. The molecule has 0 bridgehead atoms. The molecule has 0 radical (unpaired) electrons. The Bertz CT molecular complexity index is 915. The summed E-state index contributed by atoms with van der Waals surface area (Å²) < 4.78 is 10.6. The van der Waals surface area contributed by atoms with Crippen LogP contribution in [-0.4, -0.2) is 36.4 Å². The van der Waals surface area contributed by atoms with E-state index in [1.807, 2.05) is 12.2 Å². The molecule has 0 amide bonds. The minimum absolute atomic E-state index is 0.105. The largest absolute Gasteiger partial charge is 0.462 e. The highest BCUT2D eigenvalue weighted by Crippen LogP contribution is 2.15. The van der Waals surface area contributed by atoms with Crippen molar-refractivity contribution in [2.45, 2.75) is 213 Å². The van der Waals surface area contributed by atoms with Gasteiger partial charge in [-0.15, -0.1) is 0 Å². The summed E-state index contributed by atoms with van der Waals surface area (Å²) in [4.78, 5) is 24.3. The molecule has 0 aliphatic heterocycles. The minimum atomic E-state index is -0.801. The quantitative estimate of drug-likeness (QED) is 0.0388. The fraction of sp³-hybridized carbons (Fsp3) is 0.745. The van der Waals surface area contributed by atoms with E-state index in [1.54, 1.807) is 0 Å². The third-order valence-electron chi connectivity index (χ3n) is 9.33. The second kappa shape index (κ2) is 43.0. The van der Waals surface area contributed by atoms with Crippen LogP contribution in [-0.2, 0) is 19.1 Å².